The van der Waals surface area contributed by atoms with Crippen molar-refractivity contribution in [2.24, 2.45) is 23.2 Å². The molecule has 2 aliphatic heterocycles. The van der Waals surface area contributed by atoms with Gasteiger partial charge in [-0.05, 0) is 43.4 Å². The van der Waals surface area contributed by atoms with Gasteiger partial charge in [-0.25, -0.2) is 4.79 Å². The molecule has 1 saturated carbocycles. The fourth-order valence-electron chi connectivity index (χ4n) is 6.13. The van der Waals surface area contributed by atoms with Gasteiger partial charge in [0, 0.05) is 22.6 Å². The van der Waals surface area contributed by atoms with Gasteiger partial charge in [0.25, 0.3) is 0 Å². The minimum Gasteiger partial charge on any atom is -0.487 e. The largest absolute Gasteiger partial charge is 0.487 e. The Morgan fingerprint density at radius 3 is 2.67 bits per heavy atom. The normalized spacial score (nSPS) is 36.2. The highest BCUT2D eigenvalue weighted by Crippen LogP contribution is 2.63. The quantitative estimate of drug-likeness (QED) is 0.736. The van der Waals surface area contributed by atoms with E-state index in [0.29, 0.717) is 25.0 Å². The third kappa shape index (κ3) is 2.90. The zero-order valence-electron chi connectivity index (χ0n) is 17.8. The van der Waals surface area contributed by atoms with E-state index in [1.807, 2.05) is 48.5 Å². The summed E-state index contributed by atoms with van der Waals surface area (Å²) in [6.45, 7) is 7.66. The molecule has 2 bridgehead atoms. The molecule has 2 heterocycles. The molecule has 0 radical (unpaired) electrons. The van der Waals surface area contributed by atoms with Crippen LogP contribution in [-0.4, -0.2) is 24.9 Å². The number of hydrogen-bond acceptors (Lipinski definition) is 4. The molecule has 5 rings (SSSR count). The van der Waals surface area contributed by atoms with Crippen molar-refractivity contribution < 1.29 is 19.0 Å². The van der Waals surface area contributed by atoms with Gasteiger partial charge in [-0.1, -0.05) is 50.2 Å². The second kappa shape index (κ2) is 7.02. The number of carbonyl (C=O) groups excluding carboxylic acids is 1. The van der Waals surface area contributed by atoms with Crippen molar-refractivity contribution in [3.63, 3.8) is 0 Å². The summed E-state index contributed by atoms with van der Waals surface area (Å²) in [4.78, 5) is 12.4. The number of para-hydroxylation sites is 2. The van der Waals surface area contributed by atoms with E-state index in [0.717, 1.165) is 23.4 Å². The Morgan fingerprint density at radius 2 is 1.87 bits per heavy atom. The maximum atomic E-state index is 12.4. The van der Waals surface area contributed by atoms with Gasteiger partial charge in [-0.15, -0.1) is 0 Å². The Labute approximate surface area is 177 Å². The molecule has 1 N–H and O–H groups in total. The van der Waals surface area contributed by atoms with Crippen LogP contribution in [0.2, 0.25) is 0 Å². The third-order valence-electron chi connectivity index (χ3n) is 7.76. The highest BCUT2D eigenvalue weighted by atomic mass is 16.6. The van der Waals surface area contributed by atoms with Crippen LogP contribution in [0.5, 0.6) is 5.75 Å². The zero-order chi connectivity index (χ0) is 20.9. The number of benzene rings is 2. The van der Waals surface area contributed by atoms with E-state index < -0.39 is 6.09 Å². The first-order valence-electron chi connectivity index (χ1n) is 10.8. The molecule has 0 spiro atoms. The minimum atomic E-state index is -0.421. The lowest BCUT2D eigenvalue weighted by Crippen LogP contribution is -2.66. The summed E-state index contributed by atoms with van der Waals surface area (Å²) in [6, 6.07) is 17.6. The van der Waals surface area contributed by atoms with Gasteiger partial charge in [0.1, 0.15) is 18.0 Å². The SMILES string of the molecule is C[C@@H]1C[C@]2(C)Oc3ccccc3[C@H]3OC[C@]1(COC(=O)Nc1ccccc1)[C@@H](C)[C@H]32. The molecule has 2 aromatic carbocycles. The first-order valence-corrected chi connectivity index (χ1v) is 10.8. The van der Waals surface area contributed by atoms with Crippen LogP contribution in [0, 0.1) is 23.2 Å². The standard InChI is InChI=1S/C25H29NO4/c1-16-13-24(3)21-17(2)25(16,15-29-23(27)26-18-9-5-4-6-10-18)14-28-22(21)19-11-7-8-12-20(19)30-24/h4-12,16-17,21-22H,13-15H2,1-3H3,(H,26,27)/t16-,17+,21-,22-,24+,25-/m1/s1. The lowest BCUT2D eigenvalue weighted by atomic mass is 9.50. The fraction of sp³-hybridized carbons (Fsp3) is 0.480. The molecule has 6 atom stereocenters. The van der Waals surface area contributed by atoms with Crippen molar-refractivity contribution in [2.75, 3.05) is 18.5 Å². The lowest BCUT2D eigenvalue weighted by Gasteiger charge is -2.63. The van der Waals surface area contributed by atoms with Gasteiger partial charge in [0.2, 0.25) is 0 Å². The molecule has 2 aromatic rings. The number of carbonyl (C=O) groups is 1. The summed E-state index contributed by atoms with van der Waals surface area (Å²) < 4.78 is 18.8. The molecule has 5 heteroatoms. The van der Waals surface area contributed by atoms with Crippen molar-refractivity contribution in [3.05, 3.63) is 60.2 Å². The highest BCUT2D eigenvalue weighted by molar-refractivity contribution is 5.84. The van der Waals surface area contributed by atoms with Crippen molar-refractivity contribution >= 4 is 11.8 Å². The lowest BCUT2D eigenvalue weighted by molar-refractivity contribution is -0.259. The molecule has 3 aliphatic rings. The molecular weight excluding hydrogens is 378 g/mol. The van der Waals surface area contributed by atoms with E-state index in [-0.39, 0.29) is 23.0 Å². The van der Waals surface area contributed by atoms with Crippen molar-refractivity contribution in [2.45, 2.75) is 38.9 Å². The van der Waals surface area contributed by atoms with Gasteiger partial charge < -0.3 is 14.2 Å². The van der Waals surface area contributed by atoms with Crippen LogP contribution in [-0.2, 0) is 9.47 Å². The van der Waals surface area contributed by atoms with Crippen LogP contribution in [0.15, 0.2) is 54.6 Å². The van der Waals surface area contributed by atoms with Gasteiger partial charge >= 0.3 is 6.09 Å². The van der Waals surface area contributed by atoms with Crippen LogP contribution < -0.4 is 10.1 Å². The van der Waals surface area contributed by atoms with Gasteiger partial charge in [0.15, 0.2) is 0 Å². The molecule has 30 heavy (non-hydrogen) atoms. The fourth-order valence-corrected chi connectivity index (χ4v) is 6.13. The van der Waals surface area contributed by atoms with Crippen LogP contribution in [0.4, 0.5) is 10.5 Å². The Bertz CT molecular complexity index is 947. The second-order valence-electron chi connectivity index (χ2n) is 9.40. The molecule has 1 amide bonds. The molecule has 158 valence electrons. The number of nitrogens with one attached hydrogen (secondary N) is 1. The number of anilines is 1. The number of amides is 1. The molecule has 5 nitrogen and oxygen atoms in total. The summed E-state index contributed by atoms with van der Waals surface area (Å²) in [7, 11) is 0. The predicted molar refractivity (Wildman–Crippen MR) is 114 cm³/mol. The summed E-state index contributed by atoms with van der Waals surface area (Å²) >= 11 is 0. The summed E-state index contributed by atoms with van der Waals surface area (Å²) in [5.74, 6) is 1.75. The Kier molecular flexibility index (Phi) is 4.55. The molecule has 0 aromatic heterocycles. The average Bonchev–Trinajstić information content (AvgIpc) is 2.73. The molecule has 2 fully saturated rings. The van der Waals surface area contributed by atoms with Crippen LogP contribution >= 0.6 is 0 Å². The topological polar surface area (TPSA) is 56.8 Å². The zero-order valence-corrected chi connectivity index (χ0v) is 17.8. The number of hydrogen-bond donors (Lipinski definition) is 1. The smallest absolute Gasteiger partial charge is 0.411 e. The summed E-state index contributed by atoms with van der Waals surface area (Å²) in [6.07, 6.45) is 0.518. The monoisotopic (exact) mass is 407 g/mol. The number of rotatable bonds is 3. The Hall–Kier alpha value is -2.53. The maximum absolute atomic E-state index is 12.4. The maximum Gasteiger partial charge on any atom is 0.411 e. The Morgan fingerprint density at radius 1 is 1.13 bits per heavy atom. The van der Waals surface area contributed by atoms with Crippen LogP contribution in [0.25, 0.3) is 0 Å². The van der Waals surface area contributed by atoms with E-state index in [9.17, 15) is 4.79 Å². The molecule has 0 unspecified atom stereocenters. The minimum absolute atomic E-state index is 0.0220. The Balaban J connectivity index is 1.38. The summed E-state index contributed by atoms with van der Waals surface area (Å²) in [5, 5.41) is 2.82. The van der Waals surface area contributed by atoms with Gasteiger partial charge in [-0.3, -0.25) is 5.32 Å². The first kappa shape index (κ1) is 19.4. The van der Waals surface area contributed by atoms with Crippen LogP contribution in [0.3, 0.4) is 0 Å². The second-order valence-corrected chi connectivity index (χ2v) is 9.40. The average molecular weight is 408 g/mol. The van der Waals surface area contributed by atoms with E-state index >= 15 is 0 Å². The number of ether oxygens (including phenoxy) is 3. The molecular formula is C25H29NO4. The van der Waals surface area contributed by atoms with Crippen molar-refractivity contribution in [1.29, 1.82) is 0 Å². The third-order valence-corrected chi connectivity index (χ3v) is 7.76. The van der Waals surface area contributed by atoms with E-state index in [1.54, 1.807) is 0 Å². The van der Waals surface area contributed by atoms with E-state index in [4.69, 9.17) is 14.2 Å². The van der Waals surface area contributed by atoms with E-state index in [1.165, 1.54) is 0 Å². The van der Waals surface area contributed by atoms with Gasteiger partial charge in [-0.2, -0.15) is 0 Å². The van der Waals surface area contributed by atoms with Gasteiger partial charge in [0.05, 0.1) is 12.7 Å². The van der Waals surface area contributed by atoms with Crippen molar-refractivity contribution in [1.82, 2.24) is 0 Å². The summed E-state index contributed by atoms with van der Waals surface area (Å²) in [5.41, 5.74) is 1.37. The molecule has 1 saturated heterocycles. The predicted octanol–water partition coefficient (Wildman–Crippen LogP) is 5.44. The molecule has 1 aliphatic carbocycles. The van der Waals surface area contributed by atoms with E-state index in [2.05, 4.69) is 32.2 Å². The van der Waals surface area contributed by atoms with Crippen molar-refractivity contribution in [3.8, 4) is 5.75 Å². The number of fused-ring (bicyclic) bond motifs is 3. The first-order chi connectivity index (χ1) is 14.4. The van der Waals surface area contributed by atoms with Crippen LogP contribution in [0.1, 0.15) is 38.9 Å². The highest BCUT2D eigenvalue weighted by Gasteiger charge is 2.64.